The molecule has 1 aromatic carbocycles. The molecule has 1 amide bonds. The minimum atomic E-state index is -0.302. The number of hydrazone groups is 1. The van der Waals surface area contributed by atoms with Crippen LogP contribution >= 0.6 is 11.8 Å². The first-order valence-electron chi connectivity index (χ1n) is 8.96. The standard InChI is InChI=1S/C21H22N4O3S/c1-13-10-18(15(3)28-13)20(26)25-24-14(2)16-6-7-19(27-4)17(11-16)12-29-21-22-8-5-9-23-21/h5-11H,12H2,1-4H3,(H,25,26). The number of aromatic nitrogens is 2. The van der Waals surface area contributed by atoms with Crippen molar-refractivity contribution in [1.29, 1.82) is 0 Å². The number of nitrogens with zero attached hydrogens (tertiary/aromatic N) is 3. The number of amides is 1. The van der Waals surface area contributed by atoms with Crippen LogP contribution in [0.5, 0.6) is 5.75 Å². The summed E-state index contributed by atoms with van der Waals surface area (Å²) in [4.78, 5) is 20.8. The zero-order chi connectivity index (χ0) is 20.8. The average molecular weight is 410 g/mol. The molecule has 1 N–H and O–H groups in total. The summed E-state index contributed by atoms with van der Waals surface area (Å²) in [6.07, 6.45) is 3.43. The fourth-order valence-electron chi connectivity index (χ4n) is 2.73. The van der Waals surface area contributed by atoms with Crippen molar-refractivity contribution < 1.29 is 13.9 Å². The first-order valence-corrected chi connectivity index (χ1v) is 9.95. The number of nitrogens with one attached hydrogen (secondary N) is 1. The van der Waals surface area contributed by atoms with Crippen LogP contribution in [-0.2, 0) is 5.75 Å². The highest BCUT2D eigenvalue weighted by Gasteiger charge is 2.13. The third kappa shape index (κ3) is 5.23. The summed E-state index contributed by atoms with van der Waals surface area (Å²) < 4.78 is 10.9. The van der Waals surface area contributed by atoms with Gasteiger partial charge in [0.1, 0.15) is 17.3 Å². The number of furan rings is 1. The molecular weight excluding hydrogens is 388 g/mol. The number of hydrogen-bond donors (Lipinski definition) is 1. The third-order valence-electron chi connectivity index (χ3n) is 4.21. The fourth-order valence-corrected chi connectivity index (χ4v) is 3.52. The zero-order valence-corrected chi connectivity index (χ0v) is 17.5. The number of thioether (sulfide) groups is 1. The normalized spacial score (nSPS) is 11.4. The first kappa shape index (κ1) is 20.6. The van der Waals surface area contributed by atoms with Crippen LogP contribution in [0.25, 0.3) is 0 Å². The van der Waals surface area contributed by atoms with E-state index in [1.807, 2.05) is 25.1 Å². The largest absolute Gasteiger partial charge is 0.496 e. The minimum Gasteiger partial charge on any atom is -0.496 e. The summed E-state index contributed by atoms with van der Waals surface area (Å²) in [5.41, 5.74) is 5.63. The molecule has 0 radical (unpaired) electrons. The molecule has 0 aliphatic carbocycles. The van der Waals surface area contributed by atoms with Crippen LogP contribution in [0.4, 0.5) is 0 Å². The summed E-state index contributed by atoms with van der Waals surface area (Å²) in [6.45, 7) is 5.39. The van der Waals surface area contributed by atoms with Crippen LogP contribution in [-0.4, -0.2) is 28.7 Å². The molecule has 0 saturated carbocycles. The predicted molar refractivity (Wildman–Crippen MR) is 112 cm³/mol. The molecule has 2 heterocycles. The second kappa shape index (κ2) is 9.38. The van der Waals surface area contributed by atoms with E-state index in [0.29, 0.717) is 33.7 Å². The van der Waals surface area contributed by atoms with Gasteiger partial charge >= 0.3 is 0 Å². The monoisotopic (exact) mass is 410 g/mol. The summed E-state index contributed by atoms with van der Waals surface area (Å²) in [5.74, 6) is 2.38. The third-order valence-corrected chi connectivity index (χ3v) is 5.13. The Balaban J connectivity index is 1.74. The Bertz CT molecular complexity index is 1030. The molecule has 0 spiro atoms. The number of ether oxygens (including phenoxy) is 1. The van der Waals surface area contributed by atoms with Gasteiger partial charge in [-0.15, -0.1) is 0 Å². The van der Waals surface area contributed by atoms with E-state index in [2.05, 4.69) is 20.5 Å². The van der Waals surface area contributed by atoms with Crippen molar-refractivity contribution in [2.24, 2.45) is 5.10 Å². The van der Waals surface area contributed by atoms with E-state index >= 15 is 0 Å². The molecule has 0 unspecified atom stereocenters. The molecule has 0 saturated heterocycles. The van der Waals surface area contributed by atoms with Gasteiger partial charge in [0.2, 0.25) is 0 Å². The van der Waals surface area contributed by atoms with Gasteiger partial charge in [-0.3, -0.25) is 4.79 Å². The zero-order valence-electron chi connectivity index (χ0n) is 16.7. The van der Waals surface area contributed by atoms with Crippen LogP contribution in [0.2, 0.25) is 0 Å². The Morgan fingerprint density at radius 3 is 2.66 bits per heavy atom. The Labute approximate surface area is 173 Å². The molecular formula is C21H22N4O3S. The van der Waals surface area contributed by atoms with Crippen molar-refractivity contribution >= 4 is 23.4 Å². The molecule has 0 aliphatic heterocycles. The van der Waals surface area contributed by atoms with E-state index in [9.17, 15) is 4.79 Å². The van der Waals surface area contributed by atoms with Crippen molar-refractivity contribution in [2.75, 3.05) is 7.11 Å². The van der Waals surface area contributed by atoms with Gasteiger partial charge in [0, 0.05) is 23.7 Å². The van der Waals surface area contributed by atoms with E-state index in [1.54, 1.807) is 45.5 Å². The van der Waals surface area contributed by atoms with Crippen LogP contribution < -0.4 is 10.2 Å². The van der Waals surface area contributed by atoms with Crippen molar-refractivity contribution in [3.63, 3.8) is 0 Å². The number of carbonyl (C=O) groups excluding carboxylic acids is 1. The lowest BCUT2D eigenvalue weighted by Gasteiger charge is -2.10. The lowest BCUT2D eigenvalue weighted by Crippen LogP contribution is -2.19. The summed E-state index contributed by atoms with van der Waals surface area (Å²) in [5, 5.41) is 4.94. The molecule has 0 fully saturated rings. The molecule has 0 bridgehead atoms. The van der Waals surface area contributed by atoms with E-state index in [4.69, 9.17) is 9.15 Å². The number of rotatable bonds is 7. The number of carbonyl (C=O) groups is 1. The highest BCUT2D eigenvalue weighted by Crippen LogP contribution is 2.27. The maximum atomic E-state index is 12.3. The molecule has 0 atom stereocenters. The summed E-state index contributed by atoms with van der Waals surface area (Å²) >= 11 is 1.52. The van der Waals surface area contributed by atoms with Gasteiger partial charge in [-0.05, 0) is 56.7 Å². The van der Waals surface area contributed by atoms with Crippen LogP contribution in [0.15, 0.2) is 57.4 Å². The maximum absolute atomic E-state index is 12.3. The van der Waals surface area contributed by atoms with Gasteiger partial charge in [-0.2, -0.15) is 5.10 Å². The van der Waals surface area contributed by atoms with Gasteiger partial charge in [0.15, 0.2) is 5.16 Å². The fraction of sp³-hybridized carbons (Fsp3) is 0.238. The van der Waals surface area contributed by atoms with E-state index in [0.717, 1.165) is 16.9 Å². The van der Waals surface area contributed by atoms with Crippen molar-refractivity contribution in [2.45, 2.75) is 31.7 Å². The van der Waals surface area contributed by atoms with Crippen molar-refractivity contribution in [3.05, 3.63) is 70.9 Å². The second-order valence-electron chi connectivity index (χ2n) is 6.31. The van der Waals surface area contributed by atoms with Crippen LogP contribution in [0.1, 0.15) is 39.9 Å². The number of hydrogen-bond acceptors (Lipinski definition) is 7. The minimum absolute atomic E-state index is 0.302. The van der Waals surface area contributed by atoms with Gasteiger partial charge in [0.25, 0.3) is 5.91 Å². The Hall–Kier alpha value is -3.13. The Morgan fingerprint density at radius 1 is 1.24 bits per heavy atom. The molecule has 0 aliphatic rings. The SMILES string of the molecule is COc1ccc(C(C)=NNC(=O)c2cc(C)oc2C)cc1CSc1ncccn1. The lowest BCUT2D eigenvalue weighted by molar-refractivity contribution is 0.0953. The predicted octanol–water partition coefficient (Wildman–Crippen LogP) is 4.14. The number of aryl methyl sites for hydroxylation is 2. The van der Waals surface area contributed by atoms with E-state index in [1.165, 1.54) is 11.8 Å². The molecule has 8 heteroatoms. The average Bonchev–Trinajstić information content (AvgIpc) is 3.08. The smallest absolute Gasteiger partial charge is 0.274 e. The van der Waals surface area contributed by atoms with Crippen LogP contribution in [0.3, 0.4) is 0 Å². The van der Waals surface area contributed by atoms with Crippen molar-refractivity contribution in [3.8, 4) is 5.75 Å². The van der Waals surface area contributed by atoms with Crippen molar-refractivity contribution in [1.82, 2.24) is 15.4 Å². The molecule has 150 valence electrons. The Morgan fingerprint density at radius 2 is 2.00 bits per heavy atom. The number of methoxy groups -OCH3 is 1. The molecule has 7 nitrogen and oxygen atoms in total. The van der Waals surface area contributed by atoms with Gasteiger partial charge < -0.3 is 9.15 Å². The summed E-state index contributed by atoms with van der Waals surface area (Å²) in [7, 11) is 1.64. The Kier molecular flexibility index (Phi) is 6.66. The molecule has 29 heavy (non-hydrogen) atoms. The van der Waals surface area contributed by atoms with Crippen LogP contribution in [0, 0.1) is 13.8 Å². The maximum Gasteiger partial charge on any atom is 0.274 e. The highest BCUT2D eigenvalue weighted by atomic mass is 32.2. The van der Waals surface area contributed by atoms with Gasteiger partial charge in [0.05, 0.1) is 18.4 Å². The second-order valence-corrected chi connectivity index (χ2v) is 7.25. The van der Waals surface area contributed by atoms with Gasteiger partial charge in [-0.25, -0.2) is 15.4 Å². The van der Waals surface area contributed by atoms with E-state index in [-0.39, 0.29) is 5.91 Å². The quantitative estimate of drug-likeness (QED) is 0.272. The molecule has 3 aromatic rings. The molecule has 3 rings (SSSR count). The topological polar surface area (TPSA) is 89.6 Å². The van der Waals surface area contributed by atoms with E-state index < -0.39 is 0 Å². The number of benzene rings is 1. The van der Waals surface area contributed by atoms with Gasteiger partial charge in [-0.1, -0.05) is 11.8 Å². The highest BCUT2D eigenvalue weighted by molar-refractivity contribution is 7.98. The summed E-state index contributed by atoms with van der Waals surface area (Å²) in [6, 6.07) is 9.27. The first-order chi connectivity index (χ1) is 14.0. The molecule has 2 aromatic heterocycles. The lowest BCUT2D eigenvalue weighted by atomic mass is 10.1.